The summed E-state index contributed by atoms with van der Waals surface area (Å²) in [5.74, 6) is 1.23. The van der Waals surface area contributed by atoms with Crippen LogP contribution < -0.4 is 0 Å². The van der Waals surface area contributed by atoms with E-state index >= 15 is 0 Å². The number of rotatable bonds is 4. The van der Waals surface area contributed by atoms with Gasteiger partial charge in [-0.05, 0) is 42.6 Å². The summed E-state index contributed by atoms with van der Waals surface area (Å²) in [6.07, 6.45) is 1.76. The summed E-state index contributed by atoms with van der Waals surface area (Å²) in [5.41, 5.74) is 1.87. The van der Waals surface area contributed by atoms with Gasteiger partial charge in [-0.3, -0.25) is 9.59 Å². The third-order valence-corrected chi connectivity index (χ3v) is 6.38. The molecule has 1 fully saturated rings. The van der Waals surface area contributed by atoms with Crippen molar-refractivity contribution in [1.82, 2.24) is 19.6 Å². The Morgan fingerprint density at radius 1 is 0.906 bits per heavy atom. The third kappa shape index (κ3) is 3.85. The number of hydrogen-bond acceptors (Lipinski definition) is 5. The van der Waals surface area contributed by atoms with Gasteiger partial charge in [0, 0.05) is 32.4 Å². The van der Waals surface area contributed by atoms with Gasteiger partial charge >= 0.3 is 0 Å². The van der Waals surface area contributed by atoms with Crippen LogP contribution in [-0.4, -0.2) is 57.6 Å². The van der Waals surface area contributed by atoms with Gasteiger partial charge in [-0.1, -0.05) is 24.3 Å². The lowest BCUT2D eigenvalue weighted by Gasteiger charge is -2.34. The molecule has 7 nitrogen and oxygen atoms in total. The number of nitrogens with zero attached hydrogens (tertiary/aromatic N) is 4. The lowest BCUT2D eigenvalue weighted by atomic mass is 10.1. The first-order valence-electron chi connectivity index (χ1n) is 10.4. The predicted octanol–water partition coefficient (Wildman–Crippen LogP) is 4.10. The molecule has 1 aliphatic rings. The second kappa shape index (κ2) is 8.47. The number of hydrogen-bond donors (Lipinski definition) is 0. The molecule has 32 heavy (non-hydrogen) atoms. The van der Waals surface area contributed by atoms with Gasteiger partial charge in [0.05, 0.1) is 16.1 Å². The summed E-state index contributed by atoms with van der Waals surface area (Å²) in [6, 6.07) is 17.1. The number of aryl methyl sites for hydroxylation is 1. The van der Waals surface area contributed by atoms with Gasteiger partial charge in [0.2, 0.25) is 0 Å². The molecule has 0 N–H and O–H groups in total. The molecule has 5 rings (SSSR count). The summed E-state index contributed by atoms with van der Waals surface area (Å²) in [6.45, 7) is 3.82. The molecule has 2 amide bonds. The Balaban J connectivity index is 1.39. The molecular formula is C24H22N4O3S. The van der Waals surface area contributed by atoms with E-state index in [4.69, 9.17) is 4.42 Å². The van der Waals surface area contributed by atoms with Crippen molar-refractivity contribution in [1.29, 1.82) is 0 Å². The minimum atomic E-state index is -0.112. The molecule has 1 aliphatic heterocycles. The molecule has 1 aromatic carbocycles. The molecule has 0 unspecified atom stereocenters. The average Bonchev–Trinajstić information content (AvgIpc) is 3.59. The molecule has 4 heterocycles. The fraction of sp³-hybridized carbons (Fsp3) is 0.208. The Morgan fingerprint density at radius 3 is 2.25 bits per heavy atom. The SMILES string of the molecule is Cc1ccc(-c2nn(-c3ccccc3)cc2C(=O)N2CCN(C(=O)c3cccs3)CC2)o1. The Bertz CT molecular complexity index is 1240. The lowest BCUT2D eigenvalue weighted by Crippen LogP contribution is -2.50. The van der Waals surface area contributed by atoms with Crippen molar-refractivity contribution >= 4 is 23.2 Å². The molecule has 0 saturated carbocycles. The van der Waals surface area contributed by atoms with Crippen molar-refractivity contribution in [2.75, 3.05) is 26.2 Å². The Kier molecular flexibility index (Phi) is 5.36. The predicted molar refractivity (Wildman–Crippen MR) is 122 cm³/mol. The number of carbonyl (C=O) groups is 2. The van der Waals surface area contributed by atoms with Gasteiger partial charge in [-0.15, -0.1) is 11.3 Å². The van der Waals surface area contributed by atoms with Crippen molar-refractivity contribution in [3.63, 3.8) is 0 Å². The van der Waals surface area contributed by atoms with E-state index in [-0.39, 0.29) is 11.8 Å². The maximum atomic E-state index is 13.5. The van der Waals surface area contributed by atoms with Crippen LogP contribution in [0.2, 0.25) is 0 Å². The van der Waals surface area contributed by atoms with Gasteiger partial charge < -0.3 is 14.2 Å². The van der Waals surface area contributed by atoms with Crippen LogP contribution in [0.1, 0.15) is 25.8 Å². The Morgan fingerprint density at radius 2 is 1.62 bits per heavy atom. The van der Waals surface area contributed by atoms with Crippen LogP contribution in [0, 0.1) is 6.92 Å². The first kappa shape index (κ1) is 20.3. The molecule has 0 aliphatic carbocycles. The second-order valence-corrected chi connectivity index (χ2v) is 8.59. The van der Waals surface area contributed by atoms with Crippen LogP contribution in [0.4, 0.5) is 0 Å². The lowest BCUT2D eigenvalue weighted by molar-refractivity contribution is 0.0538. The van der Waals surface area contributed by atoms with E-state index in [0.717, 1.165) is 16.3 Å². The van der Waals surface area contributed by atoms with Crippen LogP contribution in [0.5, 0.6) is 0 Å². The standard InChI is InChI=1S/C24H22N4O3S/c1-17-9-10-20(31-17)22-19(16-28(25-22)18-6-3-2-4-7-18)23(29)26-11-13-27(14-12-26)24(30)21-8-5-15-32-21/h2-10,15-16H,11-14H2,1H3. The van der Waals surface area contributed by atoms with Crippen LogP contribution in [-0.2, 0) is 0 Å². The van der Waals surface area contributed by atoms with Crippen molar-refractivity contribution in [2.45, 2.75) is 6.92 Å². The summed E-state index contributed by atoms with van der Waals surface area (Å²) in [5, 5.41) is 6.57. The fourth-order valence-corrected chi connectivity index (χ4v) is 4.52. The number of carbonyl (C=O) groups excluding carboxylic acids is 2. The molecule has 0 radical (unpaired) electrons. The molecule has 8 heteroatoms. The smallest absolute Gasteiger partial charge is 0.264 e. The van der Waals surface area contributed by atoms with E-state index in [0.29, 0.717) is 43.2 Å². The zero-order chi connectivity index (χ0) is 22.1. The van der Waals surface area contributed by atoms with Crippen molar-refractivity contribution in [2.24, 2.45) is 0 Å². The first-order valence-corrected chi connectivity index (χ1v) is 11.3. The number of aromatic nitrogens is 2. The summed E-state index contributed by atoms with van der Waals surface area (Å²) in [4.78, 5) is 30.4. The van der Waals surface area contributed by atoms with Crippen LogP contribution >= 0.6 is 11.3 Å². The van der Waals surface area contributed by atoms with E-state index in [1.54, 1.807) is 20.7 Å². The van der Waals surface area contributed by atoms with E-state index < -0.39 is 0 Å². The molecule has 162 valence electrons. The number of piperazine rings is 1. The molecule has 0 bridgehead atoms. The number of para-hydroxylation sites is 1. The Hall–Kier alpha value is -3.65. The van der Waals surface area contributed by atoms with Gasteiger partial charge in [-0.25, -0.2) is 4.68 Å². The zero-order valence-corrected chi connectivity index (χ0v) is 18.4. The van der Waals surface area contributed by atoms with Crippen LogP contribution in [0.25, 0.3) is 17.1 Å². The van der Waals surface area contributed by atoms with Gasteiger partial charge in [0.15, 0.2) is 5.76 Å². The van der Waals surface area contributed by atoms with Crippen LogP contribution in [0.15, 0.2) is 70.6 Å². The number of furan rings is 1. The molecule has 3 aromatic heterocycles. The normalized spacial score (nSPS) is 14.0. The average molecular weight is 447 g/mol. The van der Waals surface area contributed by atoms with E-state index in [1.165, 1.54) is 11.3 Å². The van der Waals surface area contributed by atoms with Crippen LogP contribution in [0.3, 0.4) is 0 Å². The highest BCUT2D eigenvalue weighted by molar-refractivity contribution is 7.12. The highest BCUT2D eigenvalue weighted by Crippen LogP contribution is 2.27. The number of amides is 2. The topological polar surface area (TPSA) is 71.6 Å². The molecule has 0 atom stereocenters. The van der Waals surface area contributed by atoms with Gasteiger partial charge in [0.25, 0.3) is 11.8 Å². The summed E-state index contributed by atoms with van der Waals surface area (Å²) >= 11 is 1.44. The highest BCUT2D eigenvalue weighted by atomic mass is 32.1. The van der Waals surface area contributed by atoms with E-state index in [2.05, 4.69) is 5.10 Å². The number of benzene rings is 1. The summed E-state index contributed by atoms with van der Waals surface area (Å²) < 4.78 is 7.49. The first-order chi connectivity index (χ1) is 15.6. The van der Waals surface area contributed by atoms with Gasteiger partial charge in [0.1, 0.15) is 11.5 Å². The Labute approximate surface area is 189 Å². The number of thiophene rings is 1. The largest absolute Gasteiger partial charge is 0.460 e. The van der Waals surface area contributed by atoms with E-state index in [9.17, 15) is 9.59 Å². The fourth-order valence-electron chi connectivity index (χ4n) is 3.83. The second-order valence-electron chi connectivity index (χ2n) is 7.64. The maximum Gasteiger partial charge on any atom is 0.264 e. The zero-order valence-electron chi connectivity index (χ0n) is 17.6. The minimum absolute atomic E-state index is 0.0238. The van der Waals surface area contributed by atoms with Crippen molar-refractivity contribution in [3.8, 4) is 17.1 Å². The molecule has 4 aromatic rings. The molecular weight excluding hydrogens is 424 g/mol. The molecule has 0 spiro atoms. The third-order valence-electron chi connectivity index (χ3n) is 5.53. The summed E-state index contributed by atoms with van der Waals surface area (Å²) in [7, 11) is 0. The maximum absolute atomic E-state index is 13.5. The monoisotopic (exact) mass is 446 g/mol. The van der Waals surface area contributed by atoms with Gasteiger partial charge in [-0.2, -0.15) is 5.10 Å². The van der Waals surface area contributed by atoms with E-state index in [1.807, 2.05) is 66.9 Å². The van der Waals surface area contributed by atoms with Crippen molar-refractivity contribution in [3.05, 3.63) is 82.4 Å². The highest BCUT2D eigenvalue weighted by Gasteiger charge is 2.29. The quantitative estimate of drug-likeness (QED) is 0.473. The minimum Gasteiger partial charge on any atom is -0.460 e. The molecule has 1 saturated heterocycles. The van der Waals surface area contributed by atoms with Crippen molar-refractivity contribution < 1.29 is 14.0 Å².